The number of esters is 1. The Balaban J connectivity index is 5.83. The van der Waals surface area contributed by atoms with E-state index in [9.17, 15) is 34.0 Å². The van der Waals surface area contributed by atoms with E-state index in [0.717, 1.165) is 0 Å². The highest BCUT2D eigenvalue weighted by Gasteiger charge is 2.39. The van der Waals surface area contributed by atoms with Gasteiger partial charge in [-0.15, -0.1) is 0 Å². The summed E-state index contributed by atoms with van der Waals surface area (Å²) in [7, 11) is -1.58. The van der Waals surface area contributed by atoms with Gasteiger partial charge in [-0.25, -0.2) is 9.59 Å². The summed E-state index contributed by atoms with van der Waals surface area (Å²) in [5.74, 6) is -2.87. The van der Waals surface area contributed by atoms with Gasteiger partial charge in [-0.1, -0.05) is 0 Å². The van der Waals surface area contributed by atoms with Crippen LogP contribution >= 0.6 is 7.60 Å². The van der Waals surface area contributed by atoms with E-state index >= 15 is 0 Å². The molecule has 15 nitrogen and oxygen atoms in total. The summed E-state index contributed by atoms with van der Waals surface area (Å²) in [5, 5.41) is 18.5. The fourth-order valence-electron chi connectivity index (χ4n) is 2.60. The molecule has 0 rings (SSSR count). The van der Waals surface area contributed by atoms with Crippen LogP contribution in [0.5, 0.6) is 0 Å². The van der Waals surface area contributed by atoms with E-state index in [1.54, 1.807) is 27.7 Å². The number of hydrogen-bond donors (Lipinski definition) is 2. The normalized spacial score (nSPS) is 15.3. The third-order valence-corrected chi connectivity index (χ3v) is 6.32. The molecular formula is C22H40NO14P. The Morgan fingerprint density at radius 3 is 1.58 bits per heavy atom. The van der Waals surface area contributed by atoms with Gasteiger partial charge < -0.3 is 38.8 Å². The van der Waals surface area contributed by atoms with Crippen molar-refractivity contribution in [2.45, 2.75) is 85.5 Å². The second-order valence-corrected chi connectivity index (χ2v) is 10.9. The molecular weight excluding hydrogens is 533 g/mol. The van der Waals surface area contributed by atoms with E-state index in [1.807, 2.05) is 0 Å². The zero-order chi connectivity index (χ0) is 29.6. The summed E-state index contributed by atoms with van der Waals surface area (Å²) in [4.78, 5) is 49.4. The number of hydrogen-bond acceptors (Lipinski definition) is 14. The maximum Gasteiger partial charge on any atom is 0.510 e. The van der Waals surface area contributed by atoms with Crippen LogP contribution in [0.4, 0.5) is 9.59 Å². The van der Waals surface area contributed by atoms with E-state index in [0.29, 0.717) is 0 Å². The van der Waals surface area contributed by atoms with Crippen LogP contribution in [0.1, 0.15) is 54.4 Å². The molecule has 0 spiro atoms. The van der Waals surface area contributed by atoms with Crippen molar-refractivity contribution in [2.75, 3.05) is 26.9 Å². The summed E-state index contributed by atoms with van der Waals surface area (Å²) in [6.07, 6.45) is -9.48. The average Bonchev–Trinajstić information content (AvgIpc) is 2.72. The molecule has 0 radical (unpaired) electrons. The molecule has 0 aliphatic rings. The zero-order valence-electron chi connectivity index (χ0n) is 23.0. The predicted molar refractivity (Wildman–Crippen MR) is 130 cm³/mol. The fraction of sp³-hybridized carbons (Fsp3) is 0.818. The van der Waals surface area contributed by atoms with Gasteiger partial charge >= 0.3 is 25.9 Å². The Kier molecular flexibility index (Phi) is 16.1. The number of aliphatic hydroxyl groups is 2. The van der Waals surface area contributed by atoms with E-state index in [1.165, 1.54) is 32.8 Å². The lowest BCUT2D eigenvalue weighted by molar-refractivity contribution is -0.155. The number of carbonyl (C=O) groups is 4. The third-order valence-electron chi connectivity index (χ3n) is 4.19. The van der Waals surface area contributed by atoms with Gasteiger partial charge in [0.2, 0.25) is 12.6 Å². The molecule has 0 aromatic carbocycles. The molecule has 0 aromatic heterocycles. The minimum Gasteiger partial charge on any atom is -0.455 e. The second-order valence-electron chi connectivity index (χ2n) is 8.86. The minimum absolute atomic E-state index is 0.265. The molecule has 16 heteroatoms. The largest absolute Gasteiger partial charge is 0.510 e. The first-order valence-corrected chi connectivity index (χ1v) is 13.6. The molecule has 2 N–H and O–H groups in total. The summed E-state index contributed by atoms with van der Waals surface area (Å²) >= 11 is 0. The Morgan fingerprint density at radius 2 is 1.21 bits per heavy atom. The number of likely N-dealkylation sites (N-methyl/N-ethyl adjacent to an activating group) is 1. The van der Waals surface area contributed by atoms with Gasteiger partial charge in [0.25, 0.3) is 5.91 Å². The standard InChI is InChI=1S/C22H40NO14P/c1-13(2)32-21(28)34-15(5)36-38(30,37-16(6)35-22(29)33-14(3)4)12-17(9-10-19(25)26)20(27)31-11-18(24)23(7)8/h13-17,19,25-26H,9-12H2,1-8H3. The van der Waals surface area contributed by atoms with Crippen LogP contribution in [0.2, 0.25) is 0 Å². The summed E-state index contributed by atoms with van der Waals surface area (Å²) < 4.78 is 48.9. The summed E-state index contributed by atoms with van der Waals surface area (Å²) in [6, 6.07) is 0. The van der Waals surface area contributed by atoms with Crippen LogP contribution in [0.15, 0.2) is 0 Å². The van der Waals surface area contributed by atoms with Gasteiger partial charge in [0.15, 0.2) is 12.9 Å². The summed E-state index contributed by atoms with van der Waals surface area (Å²) in [6.45, 7) is 8.07. The highest BCUT2D eigenvalue weighted by Crippen LogP contribution is 2.53. The maximum absolute atomic E-state index is 13.7. The van der Waals surface area contributed by atoms with Gasteiger partial charge in [0, 0.05) is 14.1 Å². The first kappa shape index (κ1) is 35.5. The highest BCUT2D eigenvalue weighted by atomic mass is 31.2. The Morgan fingerprint density at radius 1 is 0.763 bits per heavy atom. The molecule has 3 atom stereocenters. The van der Waals surface area contributed by atoms with Crippen molar-refractivity contribution in [3.8, 4) is 0 Å². The molecule has 0 fully saturated rings. The van der Waals surface area contributed by atoms with Crippen molar-refractivity contribution < 1.29 is 66.7 Å². The van der Waals surface area contributed by atoms with E-state index in [2.05, 4.69) is 0 Å². The molecule has 0 aromatic rings. The molecule has 1 amide bonds. The van der Waals surface area contributed by atoms with Crippen molar-refractivity contribution in [3.05, 3.63) is 0 Å². The van der Waals surface area contributed by atoms with Crippen molar-refractivity contribution in [2.24, 2.45) is 5.92 Å². The lowest BCUT2D eigenvalue weighted by Gasteiger charge is -2.27. The smallest absolute Gasteiger partial charge is 0.455 e. The van der Waals surface area contributed by atoms with Crippen molar-refractivity contribution in [1.29, 1.82) is 0 Å². The number of ether oxygens (including phenoxy) is 5. The van der Waals surface area contributed by atoms with Crippen molar-refractivity contribution in [1.82, 2.24) is 4.90 Å². The van der Waals surface area contributed by atoms with E-state index in [-0.39, 0.29) is 12.8 Å². The molecule has 0 saturated heterocycles. The van der Waals surface area contributed by atoms with Crippen LogP contribution in [-0.2, 0) is 46.9 Å². The maximum atomic E-state index is 13.7. The Labute approximate surface area is 222 Å². The first-order chi connectivity index (χ1) is 17.4. The van der Waals surface area contributed by atoms with Gasteiger partial charge in [-0.2, -0.15) is 0 Å². The lowest BCUT2D eigenvalue weighted by Crippen LogP contribution is -2.32. The molecule has 0 aliphatic heterocycles. The third kappa shape index (κ3) is 16.4. The van der Waals surface area contributed by atoms with Crippen LogP contribution in [0, 0.1) is 5.92 Å². The highest BCUT2D eigenvalue weighted by molar-refractivity contribution is 7.53. The topological polar surface area (TPSA) is 194 Å². The van der Waals surface area contributed by atoms with E-state index < -0.39 is 81.5 Å². The second kappa shape index (κ2) is 17.2. The number of amides is 1. The molecule has 0 aliphatic carbocycles. The van der Waals surface area contributed by atoms with Gasteiger partial charge in [-0.05, 0) is 54.4 Å². The SMILES string of the molecule is CC(C)OC(=O)OC(C)OP(=O)(CC(CCC(O)O)C(=O)OCC(=O)N(C)C)OC(C)OC(=O)OC(C)C. The zero-order valence-corrected chi connectivity index (χ0v) is 23.9. The summed E-state index contributed by atoms with van der Waals surface area (Å²) in [5.41, 5.74) is 0. The van der Waals surface area contributed by atoms with Crippen LogP contribution < -0.4 is 0 Å². The fourth-order valence-corrected chi connectivity index (χ4v) is 4.69. The van der Waals surface area contributed by atoms with Crippen molar-refractivity contribution in [3.63, 3.8) is 0 Å². The Bertz CT molecular complexity index is 780. The number of rotatable bonds is 16. The van der Waals surface area contributed by atoms with Crippen LogP contribution in [0.25, 0.3) is 0 Å². The lowest BCUT2D eigenvalue weighted by atomic mass is 10.1. The molecule has 0 saturated carbocycles. The van der Waals surface area contributed by atoms with Crippen molar-refractivity contribution >= 4 is 31.8 Å². The van der Waals surface area contributed by atoms with Crippen LogP contribution in [0.3, 0.4) is 0 Å². The number of nitrogens with zero attached hydrogens (tertiary/aromatic N) is 1. The Hall–Kier alpha value is -2.45. The van der Waals surface area contributed by atoms with Crippen LogP contribution in [-0.4, -0.2) is 97.2 Å². The number of carbonyl (C=O) groups excluding carboxylic acids is 4. The van der Waals surface area contributed by atoms with Gasteiger partial charge in [0.05, 0.1) is 24.3 Å². The molecule has 38 heavy (non-hydrogen) atoms. The first-order valence-electron chi connectivity index (χ1n) is 11.9. The molecule has 222 valence electrons. The minimum atomic E-state index is -4.47. The monoisotopic (exact) mass is 573 g/mol. The quantitative estimate of drug-likeness (QED) is 0.118. The molecule has 3 unspecified atom stereocenters. The number of aliphatic hydroxyl groups excluding tert-OH is 1. The van der Waals surface area contributed by atoms with Gasteiger partial charge in [-0.3, -0.25) is 23.2 Å². The predicted octanol–water partition coefficient (Wildman–Crippen LogP) is 2.37. The molecule has 0 bridgehead atoms. The van der Waals surface area contributed by atoms with E-state index in [4.69, 9.17) is 32.7 Å². The average molecular weight is 574 g/mol. The molecule has 0 heterocycles. The van der Waals surface area contributed by atoms with Gasteiger partial charge in [0.1, 0.15) is 0 Å².